The van der Waals surface area contributed by atoms with Gasteiger partial charge in [0.2, 0.25) is 5.95 Å². The Morgan fingerprint density at radius 3 is 3.13 bits per heavy atom. The summed E-state index contributed by atoms with van der Waals surface area (Å²) in [5, 5.41) is 5.30. The molecule has 0 unspecified atom stereocenters. The Labute approximate surface area is 92.5 Å². The summed E-state index contributed by atoms with van der Waals surface area (Å²) >= 11 is 1.64. The number of thiophene rings is 1. The Kier molecular flexibility index (Phi) is 3.01. The zero-order valence-corrected chi connectivity index (χ0v) is 9.47. The molecule has 0 aliphatic heterocycles. The van der Waals surface area contributed by atoms with E-state index in [0.29, 0.717) is 5.95 Å². The van der Waals surface area contributed by atoms with Crippen molar-refractivity contribution >= 4 is 33.3 Å². The van der Waals surface area contributed by atoms with E-state index in [1.165, 1.54) is 6.42 Å². The molecular formula is C10H14N4S. The van der Waals surface area contributed by atoms with E-state index >= 15 is 0 Å². The van der Waals surface area contributed by atoms with Crippen LogP contribution in [0.5, 0.6) is 0 Å². The minimum Gasteiger partial charge on any atom is -0.369 e. The molecule has 0 amide bonds. The van der Waals surface area contributed by atoms with E-state index in [9.17, 15) is 0 Å². The molecule has 0 aliphatic rings. The highest BCUT2D eigenvalue weighted by atomic mass is 32.1. The Hall–Kier alpha value is -1.36. The molecule has 15 heavy (non-hydrogen) atoms. The number of hydrogen-bond acceptors (Lipinski definition) is 5. The molecule has 2 heterocycles. The van der Waals surface area contributed by atoms with Gasteiger partial charge in [-0.25, -0.2) is 4.98 Å². The molecule has 0 aromatic carbocycles. The average molecular weight is 222 g/mol. The van der Waals surface area contributed by atoms with Crippen LogP contribution in [0.3, 0.4) is 0 Å². The van der Waals surface area contributed by atoms with Gasteiger partial charge >= 0.3 is 0 Å². The first-order valence-electron chi connectivity index (χ1n) is 5.06. The van der Waals surface area contributed by atoms with Crippen LogP contribution in [0.25, 0.3) is 10.2 Å². The summed E-state index contributed by atoms with van der Waals surface area (Å²) in [5.41, 5.74) is 6.55. The molecule has 80 valence electrons. The standard InChI is InChI=1S/C10H14N4S/c1-2-3-5-12-9-8-7(4-6-15-8)13-10(11)14-9/h4,6H,2-3,5H2,1H3,(H3,11,12,13,14). The third kappa shape index (κ3) is 2.18. The summed E-state index contributed by atoms with van der Waals surface area (Å²) in [6.07, 6.45) is 2.30. The van der Waals surface area contributed by atoms with Crippen LogP contribution in [-0.4, -0.2) is 16.5 Å². The zero-order valence-electron chi connectivity index (χ0n) is 8.66. The lowest BCUT2D eigenvalue weighted by atomic mass is 10.3. The molecule has 0 bridgehead atoms. The van der Waals surface area contributed by atoms with E-state index in [2.05, 4.69) is 22.2 Å². The number of anilines is 2. The number of nitrogen functional groups attached to an aromatic ring is 1. The van der Waals surface area contributed by atoms with Gasteiger partial charge < -0.3 is 11.1 Å². The Morgan fingerprint density at radius 1 is 1.47 bits per heavy atom. The largest absolute Gasteiger partial charge is 0.369 e. The first-order valence-corrected chi connectivity index (χ1v) is 5.94. The summed E-state index contributed by atoms with van der Waals surface area (Å²) < 4.78 is 1.08. The predicted octanol–water partition coefficient (Wildman–Crippen LogP) is 2.49. The molecule has 0 atom stereocenters. The normalized spacial score (nSPS) is 10.7. The lowest BCUT2D eigenvalue weighted by Crippen LogP contribution is -2.05. The van der Waals surface area contributed by atoms with Crippen molar-refractivity contribution in [3.8, 4) is 0 Å². The highest BCUT2D eigenvalue weighted by Gasteiger charge is 2.06. The summed E-state index contributed by atoms with van der Waals surface area (Å²) in [6.45, 7) is 3.09. The molecular weight excluding hydrogens is 208 g/mol. The molecule has 5 heteroatoms. The third-order valence-electron chi connectivity index (χ3n) is 2.14. The van der Waals surface area contributed by atoms with Crippen molar-refractivity contribution in [2.45, 2.75) is 19.8 Å². The second-order valence-corrected chi connectivity index (χ2v) is 4.26. The van der Waals surface area contributed by atoms with Gasteiger partial charge in [0.25, 0.3) is 0 Å². The maximum absolute atomic E-state index is 5.63. The summed E-state index contributed by atoms with van der Waals surface area (Å²) in [4.78, 5) is 8.37. The smallest absolute Gasteiger partial charge is 0.222 e. The number of fused-ring (bicyclic) bond motifs is 1. The van der Waals surface area contributed by atoms with Gasteiger partial charge in [-0.1, -0.05) is 13.3 Å². The van der Waals surface area contributed by atoms with Crippen molar-refractivity contribution in [2.24, 2.45) is 0 Å². The van der Waals surface area contributed by atoms with Crippen LogP contribution in [0, 0.1) is 0 Å². The van der Waals surface area contributed by atoms with E-state index in [0.717, 1.165) is 29.0 Å². The SMILES string of the molecule is CCCCNc1nc(N)nc2ccsc12. The van der Waals surface area contributed by atoms with Gasteiger partial charge in [-0.3, -0.25) is 0 Å². The van der Waals surface area contributed by atoms with Gasteiger partial charge in [-0.15, -0.1) is 11.3 Å². The second kappa shape index (κ2) is 4.44. The Balaban J connectivity index is 2.27. The van der Waals surface area contributed by atoms with Crippen LogP contribution in [0.1, 0.15) is 19.8 Å². The molecule has 2 aromatic rings. The van der Waals surface area contributed by atoms with Gasteiger partial charge in [0, 0.05) is 6.54 Å². The van der Waals surface area contributed by atoms with Crippen molar-refractivity contribution in [3.63, 3.8) is 0 Å². The average Bonchev–Trinajstić information content (AvgIpc) is 2.65. The summed E-state index contributed by atoms with van der Waals surface area (Å²) in [6, 6.07) is 1.96. The Morgan fingerprint density at radius 2 is 2.33 bits per heavy atom. The molecule has 3 N–H and O–H groups in total. The van der Waals surface area contributed by atoms with Gasteiger partial charge in [-0.2, -0.15) is 4.98 Å². The fourth-order valence-corrected chi connectivity index (χ4v) is 2.18. The highest BCUT2D eigenvalue weighted by Crippen LogP contribution is 2.26. The number of hydrogen-bond donors (Lipinski definition) is 2. The van der Waals surface area contributed by atoms with Crippen LogP contribution in [0.15, 0.2) is 11.4 Å². The predicted molar refractivity (Wildman–Crippen MR) is 65.2 cm³/mol. The lowest BCUT2D eigenvalue weighted by Gasteiger charge is -2.05. The number of unbranched alkanes of at least 4 members (excludes halogenated alkanes) is 1. The molecule has 2 aromatic heterocycles. The van der Waals surface area contributed by atoms with E-state index in [1.54, 1.807) is 11.3 Å². The molecule has 0 fully saturated rings. The molecule has 0 spiro atoms. The molecule has 0 radical (unpaired) electrons. The van der Waals surface area contributed by atoms with Crippen LogP contribution in [-0.2, 0) is 0 Å². The topological polar surface area (TPSA) is 63.8 Å². The molecule has 0 saturated heterocycles. The van der Waals surface area contributed by atoms with E-state index in [1.807, 2.05) is 11.4 Å². The van der Waals surface area contributed by atoms with Gasteiger partial charge in [0.05, 0.1) is 10.2 Å². The van der Waals surface area contributed by atoms with Crippen molar-refractivity contribution in [2.75, 3.05) is 17.6 Å². The first kappa shape index (κ1) is 10.2. The number of nitrogens with two attached hydrogens (primary N) is 1. The maximum Gasteiger partial charge on any atom is 0.222 e. The molecule has 4 nitrogen and oxygen atoms in total. The van der Waals surface area contributed by atoms with E-state index in [4.69, 9.17) is 5.73 Å². The van der Waals surface area contributed by atoms with Crippen molar-refractivity contribution in [1.29, 1.82) is 0 Å². The first-order chi connectivity index (χ1) is 7.31. The maximum atomic E-state index is 5.63. The van der Waals surface area contributed by atoms with Crippen LogP contribution < -0.4 is 11.1 Å². The fourth-order valence-electron chi connectivity index (χ4n) is 1.38. The van der Waals surface area contributed by atoms with Crippen LogP contribution in [0.4, 0.5) is 11.8 Å². The number of rotatable bonds is 4. The molecule has 2 rings (SSSR count). The molecule has 0 saturated carbocycles. The van der Waals surface area contributed by atoms with Crippen molar-refractivity contribution in [1.82, 2.24) is 9.97 Å². The monoisotopic (exact) mass is 222 g/mol. The van der Waals surface area contributed by atoms with Crippen LogP contribution in [0.2, 0.25) is 0 Å². The van der Waals surface area contributed by atoms with E-state index < -0.39 is 0 Å². The quantitative estimate of drug-likeness (QED) is 0.780. The second-order valence-electron chi connectivity index (χ2n) is 3.35. The Bertz CT molecular complexity index is 452. The van der Waals surface area contributed by atoms with E-state index in [-0.39, 0.29) is 0 Å². The van der Waals surface area contributed by atoms with Gasteiger partial charge in [0.15, 0.2) is 0 Å². The number of nitrogens with zero attached hydrogens (tertiary/aromatic N) is 2. The van der Waals surface area contributed by atoms with Crippen LogP contribution >= 0.6 is 11.3 Å². The minimum atomic E-state index is 0.333. The minimum absolute atomic E-state index is 0.333. The number of aromatic nitrogens is 2. The third-order valence-corrected chi connectivity index (χ3v) is 3.05. The highest BCUT2D eigenvalue weighted by molar-refractivity contribution is 7.17. The number of nitrogens with one attached hydrogen (secondary N) is 1. The lowest BCUT2D eigenvalue weighted by molar-refractivity contribution is 0.832. The van der Waals surface area contributed by atoms with Gasteiger partial charge in [-0.05, 0) is 17.9 Å². The summed E-state index contributed by atoms with van der Waals surface area (Å²) in [7, 11) is 0. The zero-order chi connectivity index (χ0) is 10.7. The van der Waals surface area contributed by atoms with Gasteiger partial charge in [0.1, 0.15) is 5.82 Å². The summed E-state index contributed by atoms with van der Waals surface area (Å²) in [5.74, 6) is 1.20. The van der Waals surface area contributed by atoms with Crippen molar-refractivity contribution in [3.05, 3.63) is 11.4 Å². The molecule has 0 aliphatic carbocycles. The fraction of sp³-hybridized carbons (Fsp3) is 0.400. The van der Waals surface area contributed by atoms with Crippen molar-refractivity contribution < 1.29 is 0 Å².